The normalized spacial score (nSPS) is 11.9. The molecule has 1 heterocycles. The Balaban J connectivity index is 1.87. The molecule has 0 spiro atoms. The van der Waals surface area contributed by atoms with Gasteiger partial charge in [-0.2, -0.15) is 0 Å². The van der Waals surface area contributed by atoms with Gasteiger partial charge in [0.05, 0.1) is 16.6 Å². The van der Waals surface area contributed by atoms with Gasteiger partial charge >= 0.3 is 0 Å². The van der Waals surface area contributed by atoms with Crippen LogP contribution in [0.15, 0.2) is 53.6 Å². The molecule has 2 aromatic carbocycles. The highest BCUT2D eigenvalue weighted by atomic mass is 35.5. The number of halogens is 3. The Morgan fingerprint density at radius 1 is 1.19 bits per heavy atom. The number of hydrogen-bond donors (Lipinski definition) is 2. The van der Waals surface area contributed by atoms with Gasteiger partial charge in [-0.05, 0) is 42.8 Å². The summed E-state index contributed by atoms with van der Waals surface area (Å²) in [5.41, 5.74) is 14.3. The fourth-order valence-corrected chi connectivity index (χ4v) is 4.92. The molecule has 3 aromatic rings. The number of nitrogen functional groups attached to an aromatic ring is 1. The van der Waals surface area contributed by atoms with E-state index in [4.69, 9.17) is 34.7 Å². The summed E-state index contributed by atoms with van der Waals surface area (Å²) in [7, 11) is 1.64. The minimum Gasteiger partial charge on any atom is -0.383 e. The average Bonchev–Trinajstić information content (AvgIpc) is 2.77. The van der Waals surface area contributed by atoms with E-state index in [0.29, 0.717) is 26.9 Å². The van der Waals surface area contributed by atoms with Crippen molar-refractivity contribution in [1.82, 2.24) is 9.88 Å². The predicted molar refractivity (Wildman–Crippen MR) is 126 cm³/mol. The van der Waals surface area contributed by atoms with Crippen molar-refractivity contribution in [2.75, 3.05) is 19.5 Å². The van der Waals surface area contributed by atoms with Gasteiger partial charge in [0.25, 0.3) is 5.91 Å². The second kappa shape index (κ2) is 9.87. The summed E-state index contributed by atoms with van der Waals surface area (Å²) in [5, 5.41) is 0.122. The highest BCUT2D eigenvalue weighted by Gasteiger charge is 2.20. The number of nitrogens with zero attached hydrogens (tertiary/aromatic N) is 2. The van der Waals surface area contributed by atoms with E-state index in [-0.39, 0.29) is 22.8 Å². The Bertz CT molecular complexity index is 1110. The summed E-state index contributed by atoms with van der Waals surface area (Å²) >= 11 is 13.8. The van der Waals surface area contributed by atoms with Crippen molar-refractivity contribution in [2.45, 2.75) is 17.1 Å². The van der Waals surface area contributed by atoms with E-state index in [0.717, 1.165) is 11.1 Å². The zero-order chi connectivity index (χ0) is 22.7. The van der Waals surface area contributed by atoms with Crippen molar-refractivity contribution in [1.29, 1.82) is 0 Å². The van der Waals surface area contributed by atoms with E-state index in [1.54, 1.807) is 25.4 Å². The van der Waals surface area contributed by atoms with E-state index in [1.165, 1.54) is 28.8 Å². The lowest BCUT2D eigenvalue weighted by Crippen LogP contribution is -2.32. The minimum atomic E-state index is -0.525. The second-order valence-electron chi connectivity index (χ2n) is 6.89. The average molecular weight is 479 g/mol. The first-order valence-corrected chi connectivity index (χ1v) is 11.0. The van der Waals surface area contributed by atoms with Crippen molar-refractivity contribution in [3.63, 3.8) is 0 Å². The maximum absolute atomic E-state index is 13.9. The highest BCUT2D eigenvalue weighted by Crippen LogP contribution is 2.44. The van der Waals surface area contributed by atoms with Crippen LogP contribution < -0.4 is 11.5 Å². The molecule has 0 fully saturated rings. The molecule has 0 saturated heterocycles. The van der Waals surface area contributed by atoms with E-state index in [9.17, 15) is 9.18 Å². The lowest BCUT2D eigenvalue weighted by atomic mass is 10.1. The molecular weight excluding hydrogens is 458 g/mol. The first kappa shape index (κ1) is 23.3. The van der Waals surface area contributed by atoms with E-state index in [2.05, 4.69) is 4.98 Å². The van der Waals surface area contributed by atoms with Crippen molar-refractivity contribution in [3.8, 4) is 11.1 Å². The third-order valence-electron chi connectivity index (χ3n) is 4.76. The van der Waals surface area contributed by atoms with Crippen molar-refractivity contribution < 1.29 is 9.18 Å². The largest absolute Gasteiger partial charge is 0.383 e. The second-order valence-corrected chi connectivity index (χ2v) is 9.06. The number of carbonyl (C=O) groups is 1. The van der Waals surface area contributed by atoms with Crippen LogP contribution in [-0.4, -0.2) is 29.5 Å². The van der Waals surface area contributed by atoms with Crippen LogP contribution in [0.1, 0.15) is 28.1 Å². The molecule has 4 N–H and O–H groups in total. The monoisotopic (exact) mass is 478 g/mol. The van der Waals surface area contributed by atoms with Gasteiger partial charge in [0.1, 0.15) is 11.6 Å². The Kier molecular flexibility index (Phi) is 7.43. The number of amides is 1. The van der Waals surface area contributed by atoms with Crippen LogP contribution in [0.5, 0.6) is 0 Å². The van der Waals surface area contributed by atoms with Gasteiger partial charge in [0.2, 0.25) is 0 Å². The Morgan fingerprint density at radius 2 is 1.87 bits per heavy atom. The fraction of sp³-hybridized carbons (Fsp3) is 0.182. The van der Waals surface area contributed by atoms with E-state index >= 15 is 0 Å². The number of carbonyl (C=O) groups excluding carboxylic acids is 1. The molecule has 1 unspecified atom stereocenters. The fourth-order valence-electron chi connectivity index (χ4n) is 2.98. The molecule has 0 aliphatic rings. The van der Waals surface area contributed by atoms with Gasteiger partial charge in [-0.3, -0.25) is 4.79 Å². The predicted octanol–water partition coefficient (Wildman–Crippen LogP) is 5.62. The number of hydrogen-bond acceptors (Lipinski definition) is 5. The molecule has 0 aliphatic carbocycles. The van der Waals surface area contributed by atoms with Gasteiger partial charge in [-0.25, -0.2) is 9.37 Å². The maximum atomic E-state index is 13.9. The topological polar surface area (TPSA) is 85.2 Å². The van der Waals surface area contributed by atoms with Crippen LogP contribution in [0.2, 0.25) is 10.0 Å². The number of anilines is 1. The van der Waals surface area contributed by atoms with Gasteiger partial charge in [-0.1, -0.05) is 35.3 Å². The summed E-state index contributed by atoms with van der Waals surface area (Å²) in [6.07, 6.45) is 1.66. The van der Waals surface area contributed by atoms with E-state index < -0.39 is 5.82 Å². The number of thioether (sulfide) groups is 1. The molecule has 1 amide bonds. The Labute approximate surface area is 194 Å². The quantitative estimate of drug-likeness (QED) is 0.272. The molecule has 0 bridgehead atoms. The molecule has 3 rings (SSSR count). The number of pyridine rings is 1. The number of aromatic nitrogens is 1. The van der Waals surface area contributed by atoms with Crippen LogP contribution in [0.3, 0.4) is 0 Å². The molecule has 0 radical (unpaired) electrons. The standard InChI is InChI=1S/C22H21Cl2FN4OS/c1-12(19-16(23)7-8-17(25)20(19)24)31-18-9-15(10-28-21(18)27)13-3-5-14(6-4-13)22(30)29(2)11-26/h3-10,12H,11,26H2,1-2H3,(H2,27,28). The zero-order valence-corrected chi connectivity index (χ0v) is 19.2. The third-order valence-corrected chi connectivity index (χ3v) is 6.64. The van der Waals surface area contributed by atoms with Crippen LogP contribution in [0, 0.1) is 5.82 Å². The number of benzene rings is 2. The number of rotatable bonds is 6. The maximum Gasteiger partial charge on any atom is 0.254 e. The molecule has 9 heteroatoms. The zero-order valence-electron chi connectivity index (χ0n) is 16.9. The molecule has 162 valence electrons. The molecular formula is C22H21Cl2FN4OS. The Morgan fingerprint density at radius 3 is 2.52 bits per heavy atom. The molecule has 31 heavy (non-hydrogen) atoms. The summed E-state index contributed by atoms with van der Waals surface area (Å²) < 4.78 is 13.9. The van der Waals surface area contributed by atoms with Crippen LogP contribution >= 0.6 is 35.0 Å². The van der Waals surface area contributed by atoms with Crippen LogP contribution in [-0.2, 0) is 0 Å². The molecule has 1 aromatic heterocycles. The summed E-state index contributed by atoms with van der Waals surface area (Å²) in [5.74, 6) is -0.331. The minimum absolute atomic E-state index is 0.00196. The SMILES string of the molecule is CC(Sc1cc(-c2ccc(C(=O)N(C)CN)cc2)cnc1N)c1c(Cl)ccc(F)c1Cl. The van der Waals surface area contributed by atoms with Gasteiger partial charge in [0, 0.05) is 40.2 Å². The highest BCUT2D eigenvalue weighted by molar-refractivity contribution is 7.99. The molecule has 5 nitrogen and oxygen atoms in total. The lowest BCUT2D eigenvalue weighted by molar-refractivity contribution is 0.0799. The van der Waals surface area contributed by atoms with Crippen LogP contribution in [0.25, 0.3) is 11.1 Å². The first-order chi connectivity index (χ1) is 14.7. The smallest absolute Gasteiger partial charge is 0.254 e. The third kappa shape index (κ3) is 5.13. The van der Waals surface area contributed by atoms with Crippen molar-refractivity contribution in [3.05, 3.63) is 75.7 Å². The first-order valence-electron chi connectivity index (χ1n) is 9.34. The molecule has 1 atom stereocenters. The summed E-state index contributed by atoms with van der Waals surface area (Å²) in [6.45, 7) is 2.01. The van der Waals surface area contributed by atoms with Gasteiger partial charge < -0.3 is 16.4 Å². The van der Waals surface area contributed by atoms with Gasteiger partial charge in [-0.15, -0.1) is 11.8 Å². The molecule has 0 aliphatic heterocycles. The lowest BCUT2D eigenvalue weighted by Gasteiger charge is -2.17. The number of nitrogens with two attached hydrogens (primary N) is 2. The summed E-state index contributed by atoms with van der Waals surface area (Å²) in [4.78, 5) is 18.7. The van der Waals surface area contributed by atoms with Gasteiger partial charge in [0.15, 0.2) is 0 Å². The Hall–Kier alpha value is -2.32. The van der Waals surface area contributed by atoms with Crippen molar-refractivity contribution >= 4 is 46.7 Å². The molecule has 0 saturated carbocycles. The van der Waals surface area contributed by atoms with E-state index in [1.807, 2.05) is 25.1 Å². The van der Waals surface area contributed by atoms with Crippen molar-refractivity contribution in [2.24, 2.45) is 5.73 Å². The van der Waals surface area contributed by atoms with Crippen LogP contribution in [0.4, 0.5) is 10.2 Å². The summed E-state index contributed by atoms with van der Waals surface area (Å²) in [6, 6.07) is 11.8.